The van der Waals surface area contributed by atoms with Gasteiger partial charge in [-0.1, -0.05) is 23.9 Å². The normalized spacial score (nSPS) is 10.8. The molecule has 0 bridgehead atoms. The molecule has 0 aliphatic rings. The lowest BCUT2D eigenvalue weighted by Gasteiger charge is -2.01. The Hall–Kier alpha value is -1.33. The van der Waals surface area contributed by atoms with Crippen molar-refractivity contribution in [2.75, 3.05) is 5.94 Å². The Labute approximate surface area is 123 Å². The summed E-state index contributed by atoms with van der Waals surface area (Å²) < 4.78 is 18.9. The van der Waals surface area contributed by atoms with E-state index in [0.29, 0.717) is 5.94 Å². The van der Waals surface area contributed by atoms with Gasteiger partial charge in [0.2, 0.25) is 0 Å². The van der Waals surface area contributed by atoms with Crippen molar-refractivity contribution in [1.29, 1.82) is 0 Å². The SMILES string of the molecule is Fc1ccc(SCOC=Nc2ccccc2Br)cc1. The Kier molecular flexibility index (Phi) is 5.42. The number of thioether (sulfide) groups is 1. The van der Waals surface area contributed by atoms with Gasteiger partial charge in [0.25, 0.3) is 0 Å². The molecular formula is C14H11BrFNOS. The highest BCUT2D eigenvalue weighted by Gasteiger charge is 1.95. The van der Waals surface area contributed by atoms with E-state index >= 15 is 0 Å². The molecular weight excluding hydrogens is 329 g/mol. The molecule has 98 valence electrons. The van der Waals surface area contributed by atoms with Crippen LogP contribution in [0.25, 0.3) is 0 Å². The minimum atomic E-state index is -0.235. The zero-order valence-electron chi connectivity index (χ0n) is 9.92. The summed E-state index contributed by atoms with van der Waals surface area (Å²) in [5.74, 6) is 0.195. The number of hydrogen-bond acceptors (Lipinski definition) is 3. The summed E-state index contributed by atoms with van der Waals surface area (Å²) in [5.41, 5.74) is 0.814. The smallest absolute Gasteiger partial charge is 0.175 e. The first-order valence-electron chi connectivity index (χ1n) is 5.53. The highest BCUT2D eigenvalue weighted by atomic mass is 79.9. The quantitative estimate of drug-likeness (QED) is 0.251. The molecule has 0 aliphatic carbocycles. The average Bonchev–Trinajstić information content (AvgIpc) is 2.42. The molecule has 0 aromatic heterocycles. The zero-order valence-corrected chi connectivity index (χ0v) is 12.3. The molecule has 0 unspecified atom stereocenters. The topological polar surface area (TPSA) is 21.6 Å². The highest BCUT2D eigenvalue weighted by molar-refractivity contribution is 9.10. The molecule has 0 atom stereocenters. The fourth-order valence-electron chi connectivity index (χ4n) is 1.31. The van der Waals surface area contributed by atoms with Gasteiger partial charge in [-0.3, -0.25) is 0 Å². The molecule has 5 heteroatoms. The number of halogens is 2. The number of ether oxygens (including phenoxy) is 1. The standard InChI is InChI=1S/C14H11BrFNOS/c15-13-3-1-2-4-14(13)17-9-18-10-19-12-7-5-11(16)6-8-12/h1-9H,10H2. The van der Waals surface area contributed by atoms with Crippen molar-refractivity contribution < 1.29 is 9.13 Å². The van der Waals surface area contributed by atoms with Gasteiger partial charge in [-0.15, -0.1) is 0 Å². The molecule has 2 rings (SSSR count). The van der Waals surface area contributed by atoms with Gasteiger partial charge in [-0.25, -0.2) is 9.38 Å². The summed E-state index contributed by atoms with van der Waals surface area (Å²) in [5, 5.41) is 0. The third-order valence-corrected chi connectivity index (χ3v) is 3.76. The molecule has 19 heavy (non-hydrogen) atoms. The fourth-order valence-corrected chi connectivity index (χ4v) is 2.29. The van der Waals surface area contributed by atoms with E-state index < -0.39 is 0 Å². The van der Waals surface area contributed by atoms with Gasteiger partial charge < -0.3 is 4.74 Å². The van der Waals surface area contributed by atoms with Gasteiger partial charge in [0, 0.05) is 9.37 Å². The van der Waals surface area contributed by atoms with E-state index in [-0.39, 0.29) is 5.82 Å². The maximum Gasteiger partial charge on any atom is 0.175 e. The third-order valence-electron chi connectivity index (χ3n) is 2.23. The molecule has 0 N–H and O–H groups in total. The van der Waals surface area contributed by atoms with E-state index in [1.54, 1.807) is 12.1 Å². The third kappa shape index (κ3) is 4.69. The van der Waals surface area contributed by atoms with Gasteiger partial charge in [-0.05, 0) is 52.3 Å². The lowest BCUT2D eigenvalue weighted by molar-refractivity contribution is 0.400. The Bertz CT molecular complexity index is 560. The van der Waals surface area contributed by atoms with Crippen molar-refractivity contribution in [3.63, 3.8) is 0 Å². The van der Waals surface area contributed by atoms with Crippen LogP contribution in [0.2, 0.25) is 0 Å². The van der Waals surface area contributed by atoms with E-state index in [1.165, 1.54) is 30.3 Å². The second-order valence-electron chi connectivity index (χ2n) is 3.57. The van der Waals surface area contributed by atoms with Crippen molar-refractivity contribution in [2.45, 2.75) is 4.90 Å². The molecule has 0 spiro atoms. The van der Waals surface area contributed by atoms with Crippen LogP contribution >= 0.6 is 27.7 Å². The maximum absolute atomic E-state index is 12.7. The number of rotatable bonds is 5. The Morgan fingerprint density at radius 2 is 1.89 bits per heavy atom. The largest absolute Gasteiger partial charge is 0.472 e. The van der Waals surface area contributed by atoms with E-state index in [0.717, 1.165) is 15.1 Å². The van der Waals surface area contributed by atoms with Crippen LogP contribution in [0.15, 0.2) is 62.9 Å². The molecule has 0 amide bonds. The van der Waals surface area contributed by atoms with Crippen LogP contribution in [0.5, 0.6) is 0 Å². The van der Waals surface area contributed by atoms with Crippen LogP contribution in [0.1, 0.15) is 0 Å². The first-order chi connectivity index (χ1) is 9.25. The molecule has 2 aromatic carbocycles. The Balaban J connectivity index is 1.78. The lowest BCUT2D eigenvalue weighted by Crippen LogP contribution is -1.86. The highest BCUT2D eigenvalue weighted by Crippen LogP contribution is 2.24. The molecule has 0 saturated heterocycles. The van der Waals surface area contributed by atoms with E-state index in [4.69, 9.17) is 4.74 Å². The van der Waals surface area contributed by atoms with Crippen molar-refractivity contribution in [3.8, 4) is 0 Å². The second-order valence-corrected chi connectivity index (χ2v) is 5.42. The summed E-state index contributed by atoms with van der Waals surface area (Å²) in [7, 11) is 0. The van der Waals surface area contributed by atoms with E-state index in [1.807, 2.05) is 24.3 Å². The number of nitrogens with zero attached hydrogens (tertiary/aromatic N) is 1. The first kappa shape index (κ1) is 14.1. The van der Waals surface area contributed by atoms with Gasteiger partial charge in [-0.2, -0.15) is 0 Å². The van der Waals surface area contributed by atoms with E-state index in [9.17, 15) is 4.39 Å². The van der Waals surface area contributed by atoms with Crippen LogP contribution in [0, 0.1) is 5.82 Å². The average molecular weight is 340 g/mol. The monoisotopic (exact) mass is 339 g/mol. The van der Waals surface area contributed by atoms with Gasteiger partial charge in [0.15, 0.2) is 6.40 Å². The maximum atomic E-state index is 12.7. The van der Waals surface area contributed by atoms with Crippen LogP contribution in [-0.4, -0.2) is 12.3 Å². The molecule has 0 aliphatic heterocycles. The summed E-state index contributed by atoms with van der Waals surface area (Å²) in [6.07, 6.45) is 1.41. The number of aliphatic imine (C=N–C) groups is 1. The minimum Gasteiger partial charge on any atom is -0.472 e. The molecule has 2 nitrogen and oxygen atoms in total. The van der Waals surface area contributed by atoms with Crippen molar-refractivity contribution in [1.82, 2.24) is 0 Å². The molecule has 0 radical (unpaired) electrons. The van der Waals surface area contributed by atoms with Crippen LogP contribution in [0.3, 0.4) is 0 Å². The van der Waals surface area contributed by atoms with E-state index in [2.05, 4.69) is 20.9 Å². The summed E-state index contributed by atoms with van der Waals surface area (Å²) in [4.78, 5) is 5.14. The van der Waals surface area contributed by atoms with Crippen LogP contribution < -0.4 is 0 Å². The summed E-state index contributed by atoms with van der Waals surface area (Å²) in [6, 6.07) is 13.9. The van der Waals surface area contributed by atoms with Crippen molar-refractivity contribution in [2.24, 2.45) is 4.99 Å². The first-order valence-corrected chi connectivity index (χ1v) is 7.30. The van der Waals surface area contributed by atoms with Gasteiger partial charge in [0.05, 0.1) is 5.69 Å². The predicted octanol–water partition coefficient (Wildman–Crippen LogP) is 5.01. The summed E-state index contributed by atoms with van der Waals surface area (Å²) >= 11 is 4.88. The van der Waals surface area contributed by atoms with Crippen LogP contribution in [-0.2, 0) is 4.74 Å². The van der Waals surface area contributed by atoms with Crippen molar-refractivity contribution >= 4 is 39.8 Å². The number of hydrogen-bond donors (Lipinski definition) is 0. The predicted molar refractivity (Wildman–Crippen MR) is 80.5 cm³/mol. The minimum absolute atomic E-state index is 0.235. The van der Waals surface area contributed by atoms with Crippen LogP contribution in [0.4, 0.5) is 10.1 Å². The number of benzene rings is 2. The Morgan fingerprint density at radius 1 is 1.16 bits per heavy atom. The second kappa shape index (κ2) is 7.31. The van der Waals surface area contributed by atoms with Crippen molar-refractivity contribution in [3.05, 3.63) is 58.8 Å². The molecule has 0 fully saturated rings. The fraction of sp³-hybridized carbons (Fsp3) is 0.0714. The summed E-state index contributed by atoms with van der Waals surface area (Å²) in [6.45, 7) is 0. The lowest BCUT2D eigenvalue weighted by atomic mass is 10.3. The van der Waals surface area contributed by atoms with Gasteiger partial charge >= 0.3 is 0 Å². The number of para-hydroxylation sites is 1. The zero-order chi connectivity index (χ0) is 13.5. The Morgan fingerprint density at radius 3 is 2.63 bits per heavy atom. The van der Waals surface area contributed by atoms with Gasteiger partial charge in [0.1, 0.15) is 11.8 Å². The molecule has 2 aromatic rings. The molecule has 0 heterocycles. The molecule has 0 saturated carbocycles.